The van der Waals surface area contributed by atoms with Crippen molar-refractivity contribution in [3.05, 3.63) is 11.5 Å². The number of allylic oxidation sites excluding steroid dienone is 2. The van der Waals surface area contributed by atoms with Crippen LogP contribution in [-0.2, 0) is 19.1 Å². The number of carbonyl (C=O) groups is 2. The molecule has 0 spiro atoms. The Morgan fingerprint density at radius 2 is 1.73 bits per heavy atom. The molecule has 1 saturated carbocycles. The molecule has 0 N–H and O–H groups in total. The van der Waals surface area contributed by atoms with E-state index in [0.717, 1.165) is 19.3 Å². The van der Waals surface area contributed by atoms with Gasteiger partial charge < -0.3 is 9.47 Å². The minimum atomic E-state index is -0.351. The third-order valence-corrected chi connectivity index (χ3v) is 2.88. The summed E-state index contributed by atoms with van der Waals surface area (Å²) in [5.74, 6) is 1.33. The lowest BCUT2D eigenvalue weighted by Crippen LogP contribution is -2.34. The molecule has 4 heteroatoms. The van der Waals surface area contributed by atoms with Crippen LogP contribution in [0.2, 0.25) is 0 Å². The number of fused-ring (bicyclic) bond motifs is 1. The smallest absolute Gasteiger partial charge is 0.307 e. The number of hydrogen-bond donors (Lipinski definition) is 0. The number of esters is 2. The van der Waals surface area contributed by atoms with Gasteiger partial charge in [-0.3, -0.25) is 9.59 Å². The summed E-state index contributed by atoms with van der Waals surface area (Å²) in [6.45, 7) is 2.72. The second-order valence-corrected chi connectivity index (χ2v) is 4.21. The summed E-state index contributed by atoms with van der Waals surface area (Å²) < 4.78 is 10.2. The van der Waals surface area contributed by atoms with Gasteiger partial charge in [0.15, 0.2) is 0 Å². The molecule has 0 aromatic rings. The van der Waals surface area contributed by atoms with E-state index in [4.69, 9.17) is 9.47 Å². The largest absolute Gasteiger partial charge is 0.428 e. The van der Waals surface area contributed by atoms with E-state index in [1.54, 1.807) is 0 Å². The van der Waals surface area contributed by atoms with E-state index in [9.17, 15) is 9.59 Å². The Morgan fingerprint density at radius 3 is 2.27 bits per heavy atom. The summed E-state index contributed by atoms with van der Waals surface area (Å²) in [6, 6.07) is 0. The molecular formula is C11H14O4. The fourth-order valence-corrected chi connectivity index (χ4v) is 2.27. The molecule has 15 heavy (non-hydrogen) atoms. The molecule has 3 aliphatic carbocycles. The Balaban J connectivity index is 2.18. The van der Waals surface area contributed by atoms with Gasteiger partial charge in [-0.2, -0.15) is 0 Å². The summed E-state index contributed by atoms with van der Waals surface area (Å²) in [4.78, 5) is 21.8. The van der Waals surface area contributed by atoms with Gasteiger partial charge >= 0.3 is 11.9 Å². The molecule has 3 rings (SSSR count). The normalized spacial score (nSPS) is 28.1. The molecule has 3 aliphatic rings. The van der Waals surface area contributed by atoms with Crippen LogP contribution in [-0.4, -0.2) is 11.9 Å². The highest BCUT2D eigenvalue weighted by atomic mass is 16.6. The van der Waals surface area contributed by atoms with Crippen molar-refractivity contribution in [3.8, 4) is 0 Å². The second kappa shape index (κ2) is 3.68. The lowest BCUT2D eigenvalue weighted by Gasteiger charge is -2.41. The number of rotatable bonds is 2. The maximum Gasteiger partial charge on any atom is 0.307 e. The van der Waals surface area contributed by atoms with Crippen LogP contribution in [0.1, 0.15) is 33.1 Å². The van der Waals surface area contributed by atoms with E-state index in [2.05, 4.69) is 0 Å². The average molecular weight is 210 g/mol. The van der Waals surface area contributed by atoms with Gasteiger partial charge in [0.2, 0.25) is 0 Å². The Kier molecular flexibility index (Phi) is 2.50. The molecule has 0 atom stereocenters. The molecule has 0 amide bonds. The first-order chi connectivity index (χ1) is 7.06. The van der Waals surface area contributed by atoms with Crippen molar-refractivity contribution >= 4 is 11.9 Å². The highest BCUT2D eigenvalue weighted by Crippen LogP contribution is 2.49. The van der Waals surface area contributed by atoms with Gasteiger partial charge in [-0.05, 0) is 18.8 Å². The Bertz CT molecular complexity index is 336. The van der Waals surface area contributed by atoms with Gasteiger partial charge in [0.05, 0.1) is 0 Å². The molecule has 0 aromatic carbocycles. The van der Waals surface area contributed by atoms with Crippen molar-refractivity contribution in [1.82, 2.24) is 0 Å². The fraction of sp³-hybridized carbons (Fsp3) is 0.636. The predicted octanol–water partition coefficient (Wildman–Crippen LogP) is 1.75. The molecule has 82 valence electrons. The molecule has 0 saturated heterocycles. The minimum absolute atomic E-state index is 0.280. The first-order valence-electron chi connectivity index (χ1n) is 5.16. The van der Waals surface area contributed by atoms with Crippen LogP contribution in [0.15, 0.2) is 11.5 Å². The van der Waals surface area contributed by atoms with Crippen LogP contribution in [0.3, 0.4) is 0 Å². The Hall–Kier alpha value is -1.32. The zero-order valence-electron chi connectivity index (χ0n) is 8.91. The third-order valence-electron chi connectivity index (χ3n) is 2.88. The van der Waals surface area contributed by atoms with Crippen molar-refractivity contribution in [3.63, 3.8) is 0 Å². The summed E-state index contributed by atoms with van der Waals surface area (Å²) in [5.41, 5.74) is 0. The van der Waals surface area contributed by atoms with E-state index in [1.807, 2.05) is 0 Å². The molecule has 2 bridgehead atoms. The van der Waals surface area contributed by atoms with Crippen molar-refractivity contribution in [2.75, 3.05) is 0 Å². The number of carbonyl (C=O) groups excluding carboxylic acids is 2. The zero-order valence-corrected chi connectivity index (χ0v) is 8.91. The van der Waals surface area contributed by atoms with Crippen LogP contribution < -0.4 is 0 Å². The lowest BCUT2D eigenvalue weighted by atomic mass is 9.67. The van der Waals surface area contributed by atoms with Gasteiger partial charge in [0.25, 0.3) is 0 Å². The molecule has 0 radical (unpaired) electrons. The zero-order chi connectivity index (χ0) is 11.0. The highest BCUT2D eigenvalue weighted by molar-refractivity contribution is 5.69. The maximum atomic E-state index is 10.9. The molecular weight excluding hydrogens is 196 g/mol. The van der Waals surface area contributed by atoms with E-state index in [0.29, 0.717) is 17.4 Å². The van der Waals surface area contributed by atoms with Gasteiger partial charge in [-0.1, -0.05) is 0 Å². The second-order valence-electron chi connectivity index (χ2n) is 4.21. The fourth-order valence-electron chi connectivity index (χ4n) is 2.27. The summed E-state index contributed by atoms with van der Waals surface area (Å²) in [7, 11) is 0. The van der Waals surface area contributed by atoms with Crippen LogP contribution in [0.5, 0.6) is 0 Å². The van der Waals surface area contributed by atoms with Gasteiger partial charge in [-0.25, -0.2) is 0 Å². The maximum absolute atomic E-state index is 10.9. The molecule has 0 aliphatic heterocycles. The summed E-state index contributed by atoms with van der Waals surface area (Å²) >= 11 is 0. The minimum Gasteiger partial charge on any atom is -0.428 e. The van der Waals surface area contributed by atoms with Crippen LogP contribution in [0, 0.1) is 11.8 Å². The van der Waals surface area contributed by atoms with Crippen molar-refractivity contribution < 1.29 is 19.1 Å². The first kappa shape index (κ1) is 10.2. The van der Waals surface area contributed by atoms with E-state index < -0.39 is 0 Å². The van der Waals surface area contributed by atoms with Crippen molar-refractivity contribution in [2.24, 2.45) is 11.8 Å². The molecule has 0 aromatic heterocycles. The van der Waals surface area contributed by atoms with Crippen LogP contribution >= 0.6 is 0 Å². The topological polar surface area (TPSA) is 52.6 Å². The Labute approximate surface area is 88.2 Å². The molecule has 1 fully saturated rings. The first-order valence-corrected chi connectivity index (χ1v) is 5.16. The van der Waals surface area contributed by atoms with Crippen LogP contribution in [0.25, 0.3) is 0 Å². The standard InChI is InChI=1S/C11H14O4/c1-6(12)14-10-5-8-3-9(4-8)11(10)15-7(2)13/h8-9H,3-5H2,1-2H3. The van der Waals surface area contributed by atoms with Gasteiger partial charge in [-0.15, -0.1) is 0 Å². The number of ether oxygens (including phenoxy) is 2. The Morgan fingerprint density at radius 1 is 1.13 bits per heavy atom. The monoisotopic (exact) mass is 210 g/mol. The molecule has 0 heterocycles. The van der Waals surface area contributed by atoms with Crippen molar-refractivity contribution in [1.29, 1.82) is 0 Å². The number of hydrogen-bond acceptors (Lipinski definition) is 4. The van der Waals surface area contributed by atoms with Crippen molar-refractivity contribution in [2.45, 2.75) is 33.1 Å². The van der Waals surface area contributed by atoms with Gasteiger partial charge in [0.1, 0.15) is 11.5 Å². The summed E-state index contributed by atoms with van der Waals surface area (Å²) in [5, 5.41) is 0. The molecule has 4 nitrogen and oxygen atoms in total. The van der Waals surface area contributed by atoms with E-state index >= 15 is 0 Å². The SMILES string of the molecule is CC(=O)OC1=C(OC(C)=O)C2CC(C1)C2. The van der Waals surface area contributed by atoms with Gasteiger partial charge in [0, 0.05) is 26.2 Å². The third kappa shape index (κ3) is 2.03. The predicted molar refractivity (Wildman–Crippen MR) is 51.4 cm³/mol. The van der Waals surface area contributed by atoms with Crippen LogP contribution in [0.4, 0.5) is 0 Å². The highest BCUT2D eigenvalue weighted by Gasteiger charge is 2.42. The van der Waals surface area contributed by atoms with E-state index in [-0.39, 0.29) is 17.9 Å². The average Bonchev–Trinajstić information content (AvgIpc) is 2.03. The van der Waals surface area contributed by atoms with E-state index in [1.165, 1.54) is 13.8 Å². The molecule has 0 unspecified atom stereocenters. The lowest BCUT2D eigenvalue weighted by molar-refractivity contribution is -0.144. The quantitative estimate of drug-likeness (QED) is 0.651. The summed E-state index contributed by atoms with van der Waals surface area (Å²) in [6.07, 6.45) is 2.82.